The van der Waals surface area contributed by atoms with Gasteiger partial charge in [0.1, 0.15) is 0 Å². The lowest BCUT2D eigenvalue weighted by atomic mass is 9.88. The summed E-state index contributed by atoms with van der Waals surface area (Å²) in [5.74, 6) is 2.56. The second-order valence-corrected chi connectivity index (χ2v) is 5.79. The van der Waals surface area contributed by atoms with Crippen LogP contribution in [0.15, 0.2) is 0 Å². The van der Waals surface area contributed by atoms with Crippen LogP contribution in [0.3, 0.4) is 0 Å². The highest BCUT2D eigenvalue weighted by atomic mass is 32.2. The van der Waals surface area contributed by atoms with E-state index in [1.165, 1.54) is 31.0 Å². The van der Waals surface area contributed by atoms with Crippen LogP contribution in [0.1, 0.15) is 26.7 Å². The zero-order valence-electron chi connectivity index (χ0n) is 9.46. The molecule has 14 heavy (non-hydrogen) atoms. The van der Waals surface area contributed by atoms with Crippen molar-refractivity contribution in [2.45, 2.75) is 26.7 Å². The van der Waals surface area contributed by atoms with Gasteiger partial charge in [-0.15, -0.1) is 0 Å². The summed E-state index contributed by atoms with van der Waals surface area (Å²) in [6.45, 7) is 8.13. The summed E-state index contributed by atoms with van der Waals surface area (Å²) in [5.41, 5.74) is 0.106. The molecule has 0 aromatic carbocycles. The molecular weight excluding hydrogens is 194 g/mol. The van der Waals surface area contributed by atoms with E-state index in [-0.39, 0.29) is 5.41 Å². The van der Waals surface area contributed by atoms with Crippen LogP contribution in [0.2, 0.25) is 0 Å². The molecule has 0 amide bonds. The Bertz CT molecular complexity index is 151. The monoisotopic (exact) mass is 217 g/mol. The van der Waals surface area contributed by atoms with Crippen molar-refractivity contribution in [2.24, 2.45) is 5.41 Å². The zero-order valence-corrected chi connectivity index (χ0v) is 10.3. The van der Waals surface area contributed by atoms with Crippen LogP contribution in [0, 0.1) is 5.41 Å². The Morgan fingerprint density at radius 1 is 1.36 bits per heavy atom. The molecule has 1 saturated heterocycles. The highest BCUT2D eigenvalue weighted by Crippen LogP contribution is 2.23. The number of thioether (sulfide) groups is 1. The minimum Gasteiger partial charge on any atom is -0.396 e. The van der Waals surface area contributed by atoms with E-state index in [1.807, 2.05) is 0 Å². The molecule has 84 valence electrons. The Morgan fingerprint density at radius 2 is 2.14 bits per heavy atom. The molecule has 1 heterocycles. The fourth-order valence-electron chi connectivity index (χ4n) is 1.77. The number of hydrogen-bond donors (Lipinski definition) is 1. The van der Waals surface area contributed by atoms with Crippen LogP contribution >= 0.6 is 11.8 Å². The van der Waals surface area contributed by atoms with Crippen molar-refractivity contribution < 1.29 is 5.11 Å². The van der Waals surface area contributed by atoms with E-state index in [9.17, 15) is 5.11 Å². The van der Waals surface area contributed by atoms with Gasteiger partial charge in [0, 0.05) is 30.9 Å². The molecule has 1 N–H and O–H groups in total. The van der Waals surface area contributed by atoms with Crippen LogP contribution in [0.25, 0.3) is 0 Å². The molecule has 0 bridgehead atoms. The fraction of sp³-hybridized carbons (Fsp3) is 1.00. The van der Waals surface area contributed by atoms with E-state index in [0.717, 1.165) is 13.0 Å². The van der Waals surface area contributed by atoms with Crippen molar-refractivity contribution in [1.29, 1.82) is 0 Å². The maximum absolute atomic E-state index is 9.35. The molecule has 1 aliphatic rings. The van der Waals surface area contributed by atoms with Crippen LogP contribution in [-0.2, 0) is 0 Å². The summed E-state index contributed by atoms with van der Waals surface area (Å²) in [5, 5.41) is 9.35. The van der Waals surface area contributed by atoms with Crippen molar-refractivity contribution in [3.63, 3.8) is 0 Å². The molecule has 1 unspecified atom stereocenters. The summed E-state index contributed by atoms with van der Waals surface area (Å²) in [4.78, 5) is 2.51. The third-order valence-electron chi connectivity index (χ3n) is 3.16. The van der Waals surface area contributed by atoms with E-state index in [1.54, 1.807) is 0 Å². The van der Waals surface area contributed by atoms with E-state index in [4.69, 9.17) is 0 Å². The van der Waals surface area contributed by atoms with Gasteiger partial charge in [0.05, 0.1) is 0 Å². The van der Waals surface area contributed by atoms with E-state index >= 15 is 0 Å². The van der Waals surface area contributed by atoms with Gasteiger partial charge in [-0.3, -0.25) is 0 Å². The first-order valence-electron chi connectivity index (χ1n) is 5.61. The minimum atomic E-state index is 0.106. The van der Waals surface area contributed by atoms with Crippen molar-refractivity contribution in [1.82, 2.24) is 4.90 Å². The second-order valence-electron chi connectivity index (χ2n) is 4.56. The summed E-state index contributed by atoms with van der Waals surface area (Å²) in [6, 6.07) is 0. The van der Waals surface area contributed by atoms with Gasteiger partial charge >= 0.3 is 0 Å². The van der Waals surface area contributed by atoms with Crippen LogP contribution in [-0.4, -0.2) is 47.8 Å². The van der Waals surface area contributed by atoms with E-state index in [0.29, 0.717) is 6.61 Å². The SMILES string of the molecule is CCC(C)(CO)CN1CCCSCC1. The van der Waals surface area contributed by atoms with Gasteiger partial charge in [0.25, 0.3) is 0 Å². The largest absolute Gasteiger partial charge is 0.396 e. The summed E-state index contributed by atoms with van der Waals surface area (Å²) in [7, 11) is 0. The number of aliphatic hydroxyl groups excluding tert-OH is 1. The fourth-order valence-corrected chi connectivity index (χ4v) is 2.69. The van der Waals surface area contributed by atoms with Gasteiger partial charge in [-0.1, -0.05) is 13.8 Å². The third kappa shape index (κ3) is 3.79. The predicted molar refractivity (Wildman–Crippen MR) is 63.9 cm³/mol. The third-order valence-corrected chi connectivity index (χ3v) is 4.20. The Labute approximate surface area is 92.1 Å². The van der Waals surface area contributed by atoms with E-state index in [2.05, 4.69) is 30.5 Å². The standard InChI is InChI=1S/C11H23NOS/c1-3-11(2,10-13)9-12-5-4-7-14-8-6-12/h13H,3-10H2,1-2H3. The van der Waals surface area contributed by atoms with Crippen LogP contribution in [0.5, 0.6) is 0 Å². The highest BCUT2D eigenvalue weighted by Gasteiger charge is 2.24. The van der Waals surface area contributed by atoms with Gasteiger partial charge in [0.2, 0.25) is 0 Å². The smallest absolute Gasteiger partial charge is 0.0496 e. The lowest BCUT2D eigenvalue weighted by Crippen LogP contribution is -2.39. The summed E-state index contributed by atoms with van der Waals surface area (Å²) >= 11 is 2.06. The number of aliphatic hydroxyl groups is 1. The van der Waals surface area contributed by atoms with Gasteiger partial charge in [0.15, 0.2) is 0 Å². The minimum absolute atomic E-state index is 0.106. The topological polar surface area (TPSA) is 23.5 Å². The first-order valence-corrected chi connectivity index (χ1v) is 6.76. The molecule has 0 saturated carbocycles. The lowest BCUT2D eigenvalue weighted by molar-refractivity contribution is 0.0880. The first-order chi connectivity index (χ1) is 6.70. The van der Waals surface area contributed by atoms with Crippen molar-refractivity contribution in [2.75, 3.05) is 37.7 Å². The van der Waals surface area contributed by atoms with Gasteiger partial charge < -0.3 is 10.0 Å². The van der Waals surface area contributed by atoms with Crippen molar-refractivity contribution in [3.8, 4) is 0 Å². The van der Waals surface area contributed by atoms with Crippen LogP contribution in [0.4, 0.5) is 0 Å². The van der Waals surface area contributed by atoms with Crippen molar-refractivity contribution >= 4 is 11.8 Å². The second kappa shape index (κ2) is 5.99. The van der Waals surface area contributed by atoms with Gasteiger partial charge in [-0.2, -0.15) is 11.8 Å². The molecule has 1 fully saturated rings. The first kappa shape index (κ1) is 12.3. The Kier molecular flexibility index (Phi) is 5.28. The Morgan fingerprint density at radius 3 is 2.79 bits per heavy atom. The molecule has 0 aliphatic carbocycles. The van der Waals surface area contributed by atoms with Gasteiger partial charge in [-0.25, -0.2) is 0 Å². The highest BCUT2D eigenvalue weighted by molar-refractivity contribution is 7.99. The average molecular weight is 217 g/mol. The molecule has 1 aliphatic heterocycles. The molecule has 0 aromatic heterocycles. The molecule has 1 rings (SSSR count). The maximum Gasteiger partial charge on any atom is 0.0496 e. The van der Waals surface area contributed by atoms with Crippen LogP contribution < -0.4 is 0 Å². The maximum atomic E-state index is 9.35. The Hall–Kier alpha value is 0.270. The number of hydrogen-bond acceptors (Lipinski definition) is 3. The van der Waals surface area contributed by atoms with E-state index < -0.39 is 0 Å². The molecule has 2 nitrogen and oxygen atoms in total. The van der Waals surface area contributed by atoms with Gasteiger partial charge in [-0.05, 0) is 25.1 Å². The molecule has 3 heteroatoms. The normalized spacial score (nSPS) is 24.2. The molecule has 0 aromatic rings. The number of nitrogens with zero attached hydrogens (tertiary/aromatic N) is 1. The molecule has 1 atom stereocenters. The average Bonchev–Trinajstić information content (AvgIpc) is 2.46. The summed E-state index contributed by atoms with van der Waals surface area (Å²) < 4.78 is 0. The summed E-state index contributed by atoms with van der Waals surface area (Å²) in [6.07, 6.45) is 2.36. The quantitative estimate of drug-likeness (QED) is 0.777. The number of rotatable bonds is 4. The Balaban J connectivity index is 2.39. The predicted octanol–water partition coefficient (Wildman–Crippen LogP) is 1.83. The lowest BCUT2D eigenvalue weighted by Gasteiger charge is -2.32. The van der Waals surface area contributed by atoms with Crippen molar-refractivity contribution in [3.05, 3.63) is 0 Å². The molecule has 0 radical (unpaired) electrons. The zero-order chi connectivity index (χ0) is 10.4. The molecule has 0 spiro atoms. The molecular formula is C11H23NOS.